The summed E-state index contributed by atoms with van der Waals surface area (Å²) in [7, 11) is 0. The largest absolute Gasteiger partial charge is 0.492 e. The van der Waals surface area contributed by atoms with Crippen molar-refractivity contribution in [1.29, 1.82) is 0 Å². The smallest absolute Gasteiger partial charge is 0.339 e. The molecule has 0 aliphatic heterocycles. The Morgan fingerprint density at radius 1 is 1.11 bits per heavy atom. The zero-order valence-electron chi connectivity index (χ0n) is 12.4. The van der Waals surface area contributed by atoms with Crippen LogP contribution in [-0.4, -0.2) is 17.7 Å². The Morgan fingerprint density at radius 3 is 2.16 bits per heavy atom. The molecular formula is C16H24O3. The summed E-state index contributed by atoms with van der Waals surface area (Å²) in [5, 5.41) is 9.39. The van der Waals surface area contributed by atoms with Crippen molar-refractivity contribution in [3.05, 3.63) is 28.3 Å². The Labute approximate surface area is 115 Å². The van der Waals surface area contributed by atoms with E-state index in [1.54, 1.807) is 6.07 Å². The third-order valence-corrected chi connectivity index (χ3v) is 3.36. The third kappa shape index (κ3) is 3.28. The van der Waals surface area contributed by atoms with Gasteiger partial charge in [-0.25, -0.2) is 4.79 Å². The van der Waals surface area contributed by atoms with Crippen molar-refractivity contribution in [3.8, 4) is 5.75 Å². The van der Waals surface area contributed by atoms with Gasteiger partial charge in [0.2, 0.25) is 0 Å². The molecule has 0 aliphatic carbocycles. The van der Waals surface area contributed by atoms with Gasteiger partial charge in [0.25, 0.3) is 0 Å². The van der Waals surface area contributed by atoms with E-state index in [9.17, 15) is 9.90 Å². The molecule has 0 unspecified atom stereocenters. The molecule has 1 rings (SSSR count). The lowest BCUT2D eigenvalue weighted by Crippen LogP contribution is -2.11. The highest BCUT2D eigenvalue weighted by Crippen LogP contribution is 2.32. The zero-order chi connectivity index (χ0) is 14.4. The van der Waals surface area contributed by atoms with Gasteiger partial charge in [-0.1, -0.05) is 27.7 Å². The summed E-state index contributed by atoms with van der Waals surface area (Å²) >= 11 is 0. The molecule has 0 bridgehead atoms. The second kappa shape index (κ2) is 7.17. The summed E-state index contributed by atoms with van der Waals surface area (Å²) in [5.41, 5.74) is 3.74. The lowest BCUT2D eigenvalue weighted by Gasteiger charge is -2.19. The maximum absolute atomic E-state index is 11.4. The summed E-state index contributed by atoms with van der Waals surface area (Å²) < 4.78 is 5.73. The summed E-state index contributed by atoms with van der Waals surface area (Å²) in [6, 6.07) is 1.78. The molecule has 3 heteroatoms. The van der Waals surface area contributed by atoms with Crippen LogP contribution in [0.25, 0.3) is 0 Å². The number of carbonyl (C=O) groups is 1. The average Bonchev–Trinajstić information content (AvgIpc) is 2.42. The van der Waals surface area contributed by atoms with Gasteiger partial charge in [-0.05, 0) is 48.4 Å². The topological polar surface area (TPSA) is 46.5 Å². The molecular weight excluding hydrogens is 240 g/mol. The fraction of sp³-hybridized carbons (Fsp3) is 0.562. The number of hydrogen-bond acceptors (Lipinski definition) is 2. The number of aromatic carboxylic acids is 1. The van der Waals surface area contributed by atoms with E-state index < -0.39 is 5.97 Å². The van der Waals surface area contributed by atoms with Gasteiger partial charge in [-0.15, -0.1) is 0 Å². The first-order valence-electron chi connectivity index (χ1n) is 7.14. The van der Waals surface area contributed by atoms with Crippen molar-refractivity contribution in [3.63, 3.8) is 0 Å². The molecule has 0 amide bonds. The Morgan fingerprint density at radius 2 is 1.74 bits per heavy atom. The monoisotopic (exact) mass is 264 g/mol. The first-order valence-corrected chi connectivity index (χ1v) is 7.14. The van der Waals surface area contributed by atoms with Crippen LogP contribution in [-0.2, 0) is 19.3 Å². The molecule has 1 aromatic rings. The zero-order valence-corrected chi connectivity index (χ0v) is 12.4. The van der Waals surface area contributed by atoms with E-state index in [-0.39, 0.29) is 0 Å². The van der Waals surface area contributed by atoms with E-state index in [2.05, 4.69) is 20.8 Å². The molecule has 1 N–H and O–H groups in total. The minimum atomic E-state index is -0.904. The molecule has 19 heavy (non-hydrogen) atoms. The summed E-state index contributed by atoms with van der Waals surface area (Å²) in [6.07, 6.45) is 3.44. The van der Waals surface area contributed by atoms with Gasteiger partial charge in [0.05, 0.1) is 6.61 Å². The first-order chi connectivity index (χ1) is 9.10. The highest BCUT2D eigenvalue weighted by Gasteiger charge is 2.20. The van der Waals surface area contributed by atoms with Gasteiger partial charge in [0.15, 0.2) is 0 Å². The van der Waals surface area contributed by atoms with Crippen LogP contribution in [0.5, 0.6) is 5.75 Å². The normalized spacial score (nSPS) is 10.5. The van der Waals surface area contributed by atoms with Gasteiger partial charge in [0.1, 0.15) is 11.3 Å². The second-order valence-corrected chi connectivity index (χ2v) is 4.58. The summed E-state index contributed by atoms with van der Waals surface area (Å²) in [5.74, 6) is -0.330. The molecule has 0 aromatic heterocycles. The SMILES string of the molecule is CCCOc1c(C(=O)O)cc(CC)c(CC)c1CC. The standard InChI is InChI=1S/C16H24O3/c1-5-9-19-15-13(8-4)12(7-3)11(6-2)10-14(15)16(17)18/h10H,5-9H2,1-4H3,(H,17,18). The molecule has 3 nitrogen and oxygen atoms in total. The quantitative estimate of drug-likeness (QED) is 0.813. The van der Waals surface area contributed by atoms with Crippen LogP contribution in [0, 0.1) is 0 Å². The number of benzene rings is 1. The van der Waals surface area contributed by atoms with E-state index in [1.807, 2.05) is 6.92 Å². The van der Waals surface area contributed by atoms with Crippen molar-refractivity contribution < 1.29 is 14.6 Å². The Kier molecular flexibility index (Phi) is 5.87. The van der Waals surface area contributed by atoms with Crippen LogP contribution < -0.4 is 4.74 Å². The Balaban J connectivity index is 3.49. The minimum absolute atomic E-state index is 0.305. The number of rotatable bonds is 7. The molecule has 0 saturated carbocycles. The van der Waals surface area contributed by atoms with E-state index in [0.717, 1.165) is 36.8 Å². The van der Waals surface area contributed by atoms with E-state index >= 15 is 0 Å². The van der Waals surface area contributed by atoms with Gasteiger partial charge in [-0.2, -0.15) is 0 Å². The molecule has 106 valence electrons. The third-order valence-electron chi connectivity index (χ3n) is 3.36. The second-order valence-electron chi connectivity index (χ2n) is 4.58. The van der Waals surface area contributed by atoms with Gasteiger partial charge in [-0.3, -0.25) is 0 Å². The number of hydrogen-bond donors (Lipinski definition) is 1. The Bertz CT molecular complexity index is 450. The predicted molar refractivity (Wildman–Crippen MR) is 77.3 cm³/mol. The van der Waals surface area contributed by atoms with Crippen LogP contribution in [0.2, 0.25) is 0 Å². The molecule has 0 saturated heterocycles. The lowest BCUT2D eigenvalue weighted by atomic mass is 9.91. The van der Waals surface area contributed by atoms with Crippen molar-refractivity contribution in [2.24, 2.45) is 0 Å². The Hall–Kier alpha value is -1.51. The van der Waals surface area contributed by atoms with Gasteiger partial charge < -0.3 is 9.84 Å². The van der Waals surface area contributed by atoms with Gasteiger partial charge in [0, 0.05) is 0 Å². The minimum Gasteiger partial charge on any atom is -0.492 e. The number of carboxylic acid groups (broad SMARTS) is 1. The molecule has 0 radical (unpaired) electrons. The van der Waals surface area contributed by atoms with Crippen LogP contribution in [0.4, 0.5) is 0 Å². The summed E-state index contributed by atoms with van der Waals surface area (Å²) in [6.45, 7) is 8.80. The summed E-state index contributed by atoms with van der Waals surface area (Å²) in [4.78, 5) is 11.4. The van der Waals surface area contributed by atoms with Crippen LogP contribution >= 0.6 is 0 Å². The number of aryl methyl sites for hydroxylation is 1. The van der Waals surface area contributed by atoms with Crippen LogP contribution in [0.1, 0.15) is 61.2 Å². The highest BCUT2D eigenvalue weighted by atomic mass is 16.5. The average molecular weight is 264 g/mol. The van der Waals surface area contributed by atoms with E-state index in [1.165, 1.54) is 5.56 Å². The van der Waals surface area contributed by atoms with Crippen molar-refractivity contribution in [2.75, 3.05) is 6.61 Å². The molecule has 0 heterocycles. The molecule has 0 spiro atoms. The number of ether oxygens (including phenoxy) is 1. The predicted octanol–water partition coefficient (Wildman–Crippen LogP) is 3.86. The van der Waals surface area contributed by atoms with Crippen LogP contribution in [0.15, 0.2) is 6.07 Å². The fourth-order valence-corrected chi connectivity index (χ4v) is 2.48. The first kappa shape index (κ1) is 15.5. The lowest BCUT2D eigenvalue weighted by molar-refractivity contribution is 0.0692. The fourth-order valence-electron chi connectivity index (χ4n) is 2.48. The van der Waals surface area contributed by atoms with Crippen molar-refractivity contribution in [1.82, 2.24) is 0 Å². The van der Waals surface area contributed by atoms with E-state index in [0.29, 0.717) is 17.9 Å². The molecule has 0 aliphatic rings. The van der Waals surface area contributed by atoms with E-state index in [4.69, 9.17) is 4.74 Å². The number of carboxylic acids is 1. The molecule has 0 atom stereocenters. The van der Waals surface area contributed by atoms with Gasteiger partial charge >= 0.3 is 5.97 Å². The maximum Gasteiger partial charge on any atom is 0.339 e. The molecule has 1 aromatic carbocycles. The maximum atomic E-state index is 11.4. The van der Waals surface area contributed by atoms with Crippen LogP contribution in [0.3, 0.4) is 0 Å². The molecule has 0 fully saturated rings. The highest BCUT2D eigenvalue weighted by molar-refractivity contribution is 5.92. The van der Waals surface area contributed by atoms with Crippen molar-refractivity contribution in [2.45, 2.75) is 53.4 Å². The van der Waals surface area contributed by atoms with Crippen molar-refractivity contribution >= 4 is 5.97 Å².